The Morgan fingerprint density at radius 2 is 1.31 bits per heavy atom. The normalized spacial score (nSPS) is 44.5. The van der Waals surface area contributed by atoms with Crippen molar-refractivity contribution in [3.8, 4) is 0 Å². The third kappa shape index (κ3) is 0.641. The second kappa shape index (κ2) is 1.74. The zero-order chi connectivity index (χ0) is 10.1. The number of aliphatic carboxylic acids is 2. The third-order valence-corrected chi connectivity index (χ3v) is 4.12. The van der Waals surface area contributed by atoms with Crippen LogP contribution in [-0.4, -0.2) is 22.2 Å². The molecule has 2 rings (SSSR count). The molecule has 0 heterocycles. The Balaban J connectivity index is 2.26. The molecule has 0 aromatic carbocycles. The molecule has 2 atom stereocenters. The van der Waals surface area contributed by atoms with Crippen molar-refractivity contribution < 1.29 is 19.8 Å². The van der Waals surface area contributed by atoms with Crippen LogP contribution in [0, 0.1) is 16.2 Å². The first-order chi connectivity index (χ1) is 5.80. The lowest BCUT2D eigenvalue weighted by Gasteiger charge is -2.07. The molecular weight excluding hydrogens is 172 g/mol. The minimum atomic E-state index is -0.863. The van der Waals surface area contributed by atoms with Crippen LogP contribution in [0.15, 0.2) is 0 Å². The molecular formula is C9H12O4. The summed E-state index contributed by atoms with van der Waals surface area (Å²) in [6.45, 7) is 3.28. The van der Waals surface area contributed by atoms with Gasteiger partial charge in [-0.3, -0.25) is 9.59 Å². The number of hydrogen-bond acceptors (Lipinski definition) is 2. The number of hydrogen-bond donors (Lipinski definition) is 2. The Bertz CT molecular complexity index is 290. The summed E-state index contributed by atoms with van der Waals surface area (Å²) in [4.78, 5) is 21.7. The van der Waals surface area contributed by atoms with Gasteiger partial charge >= 0.3 is 11.9 Å². The van der Waals surface area contributed by atoms with Gasteiger partial charge in [-0.2, -0.15) is 0 Å². The summed E-state index contributed by atoms with van der Waals surface area (Å²) in [6.07, 6.45) is 1.02. The Kier molecular flexibility index (Phi) is 1.14. The first-order valence-corrected chi connectivity index (χ1v) is 4.27. The van der Waals surface area contributed by atoms with E-state index in [-0.39, 0.29) is 0 Å². The van der Waals surface area contributed by atoms with Gasteiger partial charge in [0.15, 0.2) is 0 Å². The second-order valence-corrected chi connectivity index (χ2v) is 4.71. The van der Waals surface area contributed by atoms with E-state index < -0.39 is 28.2 Å². The molecule has 72 valence electrons. The van der Waals surface area contributed by atoms with Crippen LogP contribution in [0.5, 0.6) is 0 Å². The second-order valence-electron chi connectivity index (χ2n) is 4.71. The van der Waals surface area contributed by atoms with Crippen LogP contribution in [0.1, 0.15) is 26.7 Å². The van der Waals surface area contributed by atoms with Gasteiger partial charge in [-0.05, 0) is 26.7 Å². The Labute approximate surface area is 75.6 Å². The zero-order valence-electron chi connectivity index (χ0n) is 7.63. The van der Waals surface area contributed by atoms with Crippen LogP contribution >= 0.6 is 0 Å². The monoisotopic (exact) mass is 184 g/mol. The van der Waals surface area contributed by atoms with E-state index in [0.717, 1.165) is 0 Å². The average Bonchev–Trinajstić information content (AvgIpc) is 2.76. The van der Waals surface area contributed by atoms with E-state index in [1.165, 1.54) is 0 Å². The van der Waals surface area contributed by atoms with E-state index in [1.807, 2.05) is 0 Å². The molecule has 0 unspecified atom stereocenters. The highest BCUT2D eigenvalue weighted by Crippen LogP contribution is 2.87. The number of rotatable bonds is 2. The topological polar surface area (TPSA) is 74.6 Å². The predicted molar refractivity (Wildman–Crippen MR) is 43.2 cm³/mol. The first kappa shape index (κ1) is 8.53. The van der Waals surface area contributed by atoms with Crippen LogP contribution in [0.25, 0.3) is 0 Å². The molecule has 2 saturated carbocycles. The first-order valence-electron chi connectivity index (χ1n) is 4.27. The highest BCUT2D eigenvalue weighted by Gasteiger charge is 2.89. The minimum absolute atomic E-state index is 0.447. The molecule has 0 aromatic heterocycles. The summed E-state index contributed by atoms with van der Waals surface area (Å²) in [7, 11) is 0. The van der Waals surface area contributed by atoms with Crippen molar-refractivity contribution in [3.05, 3.63) is 0 Å². The molecule has 13 heavy (non-hydrogen) atoms. The largest absolute Gasteiger partial charge is 0.481 e. The number of carboxylic acids is 2. The van der Waals surface area contributed by atoms with Crippen molar-refractivity contribution in [2.45, 2.75) is 26.7 Å². The predicted octanol–water partition coefficient (Wildman–Crippen LogP) is 0.962. The van der Waals surface area contributed by atoms with Crippen molar-refractivity contribution in [3.63, 3.8) is 0 Å². The fraction of sp³-hybridized carbons (Fsp3) is 0.778. The summed E-state index contributed by atoms with van der Waals surface area (Å²) < 4.78 is 0. The summed E-state index contributed by atoms with van der Waals surface area (Å²) in [5.41, 5.74) is -2.03. The highest BCUT2D eigenvalue weighted by molar-refractivity contribution is 5.89. The van der Waals surface area contributed by atoms with E-state index in [1.54, 1.807) is 13.8 Å². The van der Waals surface area contributed by atoms with Crippen LogP contribution < -0.4 is 0 Å². The molecule has 0 saturated heterocycles. The molecule has 0 aromatic rings. The quantitative estimate of drug-likeness (QED) is 0.670. The van der Waals surface area contributed by atoms with E-state index in [0.29, 0.717) is 12.8 Å². The van der Waals surface area contributed by atoms with Gasteiger partial charge < -0.3 is 10.2 Å². The summed E-state index contributed by atoms with van der Waals surface area (Å²) in [5, 5.41) is 17.8. The zero-order valence-corrected chi connectivity index (χ0v) is 7.63. The van der Waals surface area contributed by atoms with Gasteiger partial charge in [0.05, 0.1) is 10.8 Å². The third-order valence-electron chi connectivity index (χ3n) is 4.12. The molecule has 0 radical (unpaired) electrons. The number of carboxylic acid groups (broad SMARTS) is 2. The molecule has 1 spiro atoms. The van der Waals surface area contributed by atoms with Gasteiger partial charge in [0.25, 0.3) is 0 Å². The fourth-order valence-electron chi connectivity index (χ4n) is 2.74. The Hall–Kier alpha value is -1.06. The number of carbonyl (C=O) groups is 2. The SMILES string of the molecule is C[C@]1(C(=O)O)CC12C[C@]2(C)C(=O)O. The molecule has 4 nitrogen and oxygen atoms in total. The van der Waals surface area contributed by atoms with Gasteiger partial charge in [-0.1, -0.05) is 0 Å². The standard InChI is InChI=1S/C9H12O4/c1-7(5(10)11)3-9(7)4-8(9,2)6(12)13/h3-4H2,1-2H3,(H,10,11)(H,12,13)/t7-,8-,9?/m1/s1. The molecule has 0 aliphatic heterocycles. The van der Waals surface area contributed by atoms with Crippen LogP contribution in [0.2, 0.25) is 0 Å². The lowest BCUT2D eigenvalue weighted by molar-refractivity contribution is -0.145. The molecule has 2 fully saturated rings. The summed E-state index contributed by atoms with van der Waals surface area (Å²) in [6, 6.07) is 0. The van der Waals surface area contributed by atoms with Crippen molar-refractivity contribution in [1.29, 1.82) is 0 Å². The summed E-state index contributed by atoms with van der Waals surface area (Å²) in [5.74, 6) is -1.73. The average molecular weight is 184 g/mol. The van der Waals surface area contributed by atoms with E-state index >= 15 is 0 Å². The van der Waals surface area contributed by atoms with Crippen molar-refractivity contribution in [2.75, 3.05) is 0 Å². The van der Waals surface area contributed by atoms with Crippen molar-refractivity contribution >= 4 is 11.9 Å². The van der Waals surface area contributed by atoms with E-state index in [9.17, 15) is 9.59 Å². The maximum atomic E-state index is 10.9. The maximum absolute atomic E-state index is 10.9. The van der Waals surface area contributed by atoms with E-state index in [4.69, 9.17) is 10.2 Å². The molecule has 2 N–H and O–H groups in total. The smallest absolute Gasteiger partial charge is 0.309 e. The van der Waals surface area contributed by atoms with Gasteiger partial charge in [-0.25, -0.2) is 0 Å². The summed E-state index contributed by atoms with van der Waals surface area (Å²) >= 11 is 0. The van der Waals surface area contributed by atoms with Gasteiger partial charge in [0.2, 0.25) is 0 Å². The molecule has 0 bridgehead atoms. The van der Waals surface area contributed by atoms with Gasteiger partial charge in [-0.15, -0.1) is 0 Å². The Morgan fingerprint density at radius 1 is 1.00 bits per heavy atom. The molecule has 4 heteroatoms. The molecule has 0 amide bonds. The highest BCUT2D eigenvalue weighted by atomic mass is 16.4. The maximum Gasteiger partial charge on any atom is 0.309 e. The van der Waals surface area contributed by atoms with E-state index in [2.05, 4.69) is 0 Å². The lowest BCUT2D eigenvalue weighted by Crippen LogP contribution is -2.20. The Morgan fingerprint density at radius 3 is 1.46 bits per heavy atom. The van der Waals surface area contributed by atoms with Crippen LogP contribution in [0.4, 0.5) is 0 Å². The van der Waals surface area contributed by atoms with Crippen LogP contribution in [0.3, 0.4) is 0 Å². The minimum Gasteiger partial charge on any atom is -0.481 e. The van der Waals surface area contributed by atoms with Crippen molar-refractivity contribution in [2.24, 2.45) is 16.2 Å². The van der Waals surface area contributed by atoms with Crippen LogP contribution in [-0.2, 0) is 9.59 Å². The molecule has 2 aliphatic rings. The van der Waals surface area contributed by atoms with Crippen molar-refractivity contribution in [1.82, 2.24) is 0 Å². The molecule has 2 aliphatic carbocycles. The lowest BCUT2D eigenvalue weighted by atomic mass is 9.98. The van der Waals surface area contributed by atoms with Gasteiger partial charge in [0.1, 0.15) is 0 Å². The van der Waals surface area contributed by atoms with Gasteiger partial charge in [0, 0.05) is 5.41 Å². The fourth-order valence-corrected chi connectivity index (χ4v) is 2.74.